The molecule has 3 rings (SSSR count). The predicted octanol–water partition coefficient (Wildman–Crippen LogP) is 4.69. The molecule has 0 aliphatic rings. The van der Waals surface area contributed by atoms with Crippen molar-refractivity contribution in [1.82, 2.24) is 4.31 Å². The number of benzene rings is 3. The van der Waals surface area contributed by atoms with Crippen LogP contribution in [0.15, 0.2) is 71.6 Å². The van der Waals surface area contributed by atoms with E-state index in [1.54, 1.807) is 43.3 Å². The fourth-order valence-corrected chi connectivity index (χ4v) is 4.68. The van der Waals surface area contributed by atoms with Crippen molar-refractivity contribution in [2.75, 3.05) is 11.9 Å². The third-order valence-electron chi connectivity index (χ3n) is 4.99. The molecule has 3 aromatic rings. The van der Waals surface area contributed by atoms with Crippen LogP contribution in [0.5, 0.6) is 0 Å². The van der Waals surface area contributed by atoms with Crippen LogP contribution in [0.25, 0.3) is 0 Å². The summed E-state index contributed by atoms with van der Waals surface area (Å²) in [5.41, 5.74) is 2.09. The number of aryl methyl sites for hydroxylation is 2. The van der Waals surface area contributed by atoms with Gasteiger partial charge in [-0.15, -0.1) is 0 Å². The van der Waals surface area contributed by atoms with Crippen molar-refractivity contribution in [2.45, 2.75) is 25.3 Å². The molecule has 3 aromatic carbocycles. The lowest BCUT2D eigenvalue weighted by molar-refractivity contribution is -0.384. The average Bonchev–Trinajstić information content (AvgIpc) is 2.76. The second-order valence-electron chi connectivity index (χ2n) is 7.48. The van der Waals surface area contributed by atoms with E-state index in [0.29, 0.717) is 16.1 Å². The van der Waals surface area contributed by atoms with Crippen molar-refractivity contribution in [3.8, 4) is 0 Å². The number of sulfonamides is 1. The zero-order valence-corrected chi connectivity index (χ0v) is 19.6. The zero-order valence-electron chi connectivity index (χ0n) is 18.0. The minimum absolute atomic E-state index is 0.0412. The number of nitrogens with one attached hydrogen (secondary N) is 1. The monoisotopic (exact) mass is 487 g/mol. The van der Waals surface area contributed by atoms with Crippen molar-refractivity contribution in [2.24, 2.45) is 0 Å². The van der Waals surface area contributed by atoms with Crippen LogP contribution in [0.2, 0.25) is 5.02 Å². The lowest BCUT2D eigenvalue weighted by Gasteiger charge is -2.23. The van der Waals surface area contributed by atoms with Crippen molar-refractivity contribution in [1.29, 1.82) is 0 Å². The lowest BCUT2D eigenvalue weighted by atomic mass is 10.2. The van der Waals surface area contributed by atoms with Gasteiger partial charge in [0.25, 0.3) is 5.69 Å². The lowest BCUT2D eigenvalue weighted by Crippen LogP contribution is -2.37. The Hall–Kier alpha value is -3.27. The third kappa shape index (κ3) is 5.95. The van der Waals surface area contributed by atoms with Crippen LogP contribution in [0.3, 0.4) is 0 Å². The molecular weight excluding hydrogens is 466 g/mol. The highest BCUT2D eigenvalue weighted by Crippen LogP contribution is 2.24. The van der Waals surface area contributed by atoms with Gasteiger partial charge in [0.1, 0.15) is 0 Å². The van der Waals surface area contributed by atoms with E-state index in [9.17, 15) is 23.3 Å². The second kappa shape index (κ2) is 10.1. The average molecular weight is 488 g/mol. The first-order valence-corrected chi connectivity index (χ1v) is 11.7. The quantitative estimate of drug-likeness (QED) is 0.366. The number of hydrogen-bond acceptors (Lipinski definition) is 5. The number of hydrogen-bond donors (Lipinski definition) is 1. The van der Waals surface area contributed by atoms with Gasteiger partial charge in [0.05, 0.1) is 22.1 Å². The molecule has 0 saturated heterocycles. The van der Waals surface area contributed by atoms with E-state index < -0.39 is 27.4 Å². The molecular formula is C23H22ClN3O5S. The summed E-state index contributed by atoms with van der Waals surface area (Å²) in [4.78, 5) is 23.4. The summed E-state index contributed by atoms with van der Waals surface area (Å²) in [6, 6.07) is 17.2. The summed E-state index contributed by atoms with van der Waals surface area (Å²) in [6.45, 7) is 2.89. The predicted molar refractivity (Wildman–Crippen MR) is 127 cm³/mol. The highest BCUT2D eigenvalue weighted by molar-refractivity contribution is 7.89. The standard InChI is InChI=1S/C23H22ClN3O5S/c1-16-7-11-20(12-8-16)33(31,32)26(14-18-5-3-4-6-21(18)24)15-23(28)25-22-13-19(27(29)30)10-9-17(22)2/h3-13H,14-15H2,1-2H3,(H,25,28). The molecule has 0 aromatic heterocycles. The molecule has 0 bridgehead atoms. The SMILES string of the molecule is Cc1ccc(S(=O)(=O)N(CC(=O)Nc2cc([N+](=O)[O-])ccc2C)Cc2ccccc2Cl)cc1. The van der Waals surface area contributed by atoms with Gasteiger partial charge in [0.15, 0.2) is 0 Å². The number of non-ortho nitro benzene ring substituents is 1. The second-order valence-corrected chi connectivity index (χ2v) is 9.83. The van der Waals surface area contributed by atoms with E-state index >= 15 is 0 Å². The number of anilines is 1. The molecule has 1 amide bonds. The Labute approximate surface area is 197 Å². The molecule has 0 atom stereocenters. The maximum atomic E-state index is 13.4. The molecule has 0 fully saturated rings. The molecule has 10 heteroatoms. The molecule has 0 radical (unpaired) electrons. The number of nitro groups is 1. The first-order chi connectivity index (χ1) is 15.6. The molecule has 33 heavy (non-hydrogen) atoms. The summed E-state index contributed by atoms with van der Waals surface area (Å²) in [5.74, 6) is -0.638. The van der Waals surface area contributed by atoms with Gasteiger partial charge in [-0.05, 0) is 43.2 Å². The Morgan fingerprint density at radius 3 is 2.36 bits per heavy atom. The molecule has 0 aliphatic carbocycles. The van der Waals surface area contributed by atoms with Crippen molar-refractivity contribution in [3.63, 3.8) is 0 Å². The third-order valence-corrected chi connectivity index (χ3v) is 7.16. The van der Waals surface area contributed by atoms with Gasteiger partial charge < -0.3 is 5.32 Å². The van der Waals surface area contributed by atoms with Crippen LogP contribution in [-0.4, -0.2) is 30.1 Å². The molecule has 0 spiro atoms. The highest BCUT2D eigenvalue weighted by Gasteiger charge is 2.28. The maximum Gasteiger partial charge on any atom is 0.271 e. The van der Waals surface area contributed by atoms with Gasteiger partial charge >= 0.3 is 0 Å². The Bertz CT molecular complexity index is 1290. The van der Waals surface area contributed by atoms with E-state index in [0.717, 1.165) is 9.87 Å². The summed E-state index contributed by atoms with van der Waals surface area (Å²) in [7, 11) is -4.05. The number of nitrogens with zero attached hydrogens (tertiary/aromatic N) is 2. The largest absolute Gasteiger partial charge is 0.324 e. The van der Waals surface area contributed by atoms with Crippen molar-refractivity contribution < 1.29 is 18.1 Å². The fourth-order valence-electron chi connectivity index (χ4n) is 3.11. The number of carbonyl (C=O) groups excluding carboxylic acids is 1. The molecule has 0 aliphatic heterocycles. The van der Waals surface area contributed by atoms with Gasteiger partial charge in [0.2, 0.25) is 15.9 Å². The van der Waals surface area contributed by atoms with E-state index in [1.165, 1.54) is 30.3 Å². The highest BCUT2D eigenvalue weighted by atomic mass is 35.5. The number of carbonyl (C=O) groups is 1. The Morgan fingerprint density at radius 1 is 1.06 bits per heavy atom. The normalized spacial score (nSPS) is 11.4. The van der Waals surface area contributed by atoms with Gasteiger partial charge in [-0.1, -0.05) is 53.6 Å². The first-order valence-electron chi connectivity index (χ1n) is 9.93. The van der Waals surface area contributed by atoms with Crippen LogP contribution in [0, 0.1) is 24.0 Å². The van der Waals surface area contributed by atoms with Gasteiger partial charge in [0, 0.05) is 23.7 Å². The fraction of sp³-hybridized carbons (Fsp3) is 0.174. The molecule has 172 valence electrons. The molecule has 0 saturated carbocycles. The Morgan fingerprint density at radius 2 is 1.73 bits per heavy atom. The summed E-state index contributed by atoms with van der Waals surface area (Å²) in [5, 5.41) is 14.0. The number of rotatable bonds is 8. The smallest absolute Gasteiger partial charge is 0.271 e. The zero-order chi connectivity index (χ0) is 24.2. The minimum atomic E-state index is -4.05. The number of nitro benzene ring substituents is 1. The van der Waals surface area contributed by atoms with Crippen LogP contribution < -0.4 is 5.32 Å². The summed E-state index contributed by atoms with van der Waals surface area (Å²) >= 11 is 6.23. The van der Waals surface area contributed by atoms with Crippen LogP contribution in [0.1, 0.15) is 16.7 Å². The van der Waals surface area contributed by atoms with Crippen LogP contribution in [-0.2, 0) is 21.4 Å². The van der Waals surface area contributed by atoms with Gasteiger partial charge in [-0.2, -0.15) is 4.31 Å². The van der Waals surface area contributed by atoms with Crippen molar-refractivity contribution >= 4 is 38.9 Å². The molecule has 0 heterocycles. The summed E-state index contributed by atoms with van der Waals surface area (Å²) in [6.07, 6.45) is 0. The Kier molecular flexibility index (Phi) is 7.47. The van der Waals surface area contributed by atoms with E-state index in [4.69, 9.17) is 11.6 Å². The first kappa shape index (κ1) is 24.4. The minimum Gasteiger partial charge on any atom is -0.324 e. The van der Waals surface area contributed by atoms with E-state index in [2.05, 4.69) is 5.32 Å². The molecule has 8 nitrogen and oxygen atoms in total. The molecule has 0 unspecified atom stereocenters. The van der Waals surface area contributed by atoms with E-state index in [1.807, 2.05) is 6.92 Å². The maximum absolute atomic E-state index is 13.4. The summed E-state index contributed by atoms with van der Waals surface area (Å²) < 4.78 is 27.8. The Balaban J connectivity index is 1.92. The van der Waals surface area contributed by atoms with Crippen molar-refractivity contribution in [3.05, 3.63) is 98.6 Å². The van der Waals surface area contributed by atoms with Gasteiger partial charge in [-0.3, -0.25) is 14.9 Å². The topological polar surface area (TPSA) is 110 Å². The number of amides is 1. The molecule has 1 N–H and O–H groups in total. The number of halogens is 1. The van der Waals surface area contributed by atoms with Crippen LogP contribution in [0.4, 0.5) is 11.4 Å². The van der Waals surface area contributed by atoms with Crippen LogP contribution >= 0.6 is 11.6 Å². The van der Waals surface area contributed by atoms with Gasteiger partial charge in [-0.25, -0.2) is 8.42 Å². The van der Waals surface area contributed by atoms with E-state index in [-0.39, 0.29) is 22.8 Å².